The Hall–Kier alpha value is -1.31. The Kier molecular flexibility index (Phi) is 5.20. The first-order chi connectivity index (χ1) is 8.06. The molecule has 0 saturated heterocycles. The molecule has 2 nitrogen and oxygen atoms in total. The van der Waals surface area contributed by atoms with E-state index in [4.69, 9.17) is 0 Å². The first-order valence-corrected chi connectivity index (χ1v) is 6.34. The van der Waals surface area contributed by atoms with E-state index < -0.39 is 0 Å². The zero-order valence-electron chi connectivity index (χ0n) is 11.4. The van der Waals surface area contributed by atoms with Gasteiger partial charge >= 0.3 is 0 Å². The smallest absolute Gasteiger partial charge is 0.229 e. The lowest BCUT2D eigenvalue weighted by Crippen LogP contribution is -2.28. The molecule has 0 aliphatic heterocycles. The van der Waals surface area contributed by atoms with Crippen molar-refractivity contribution < 1.29 is 4.79 Å². The Bertz CT molecular complexity index is 354. The Morgan fingerprint density at radius 3 is 2.29 bits per heavy atom. The number of hydrogen-bond donors (Lipinski definition) is 0. The molecule has 1 unspecified atom stereocenters. The fourth-order valence-corrected chi connectivity index (χ4v) is 1.95. The number of nitrogens with zero attached hydrogens (tertiary/aromatic N) is 1. The zero-order chi connectivity index (χ0) is 12.8. The van der Waals surface area contributed by atoms with Crippen molar-refractivity contribution in [2.75, 3.05) is 14.1 Å². The Balaban J connectivity index is 2.89. The molecule has 0 N–H and O–H groups in total. The van der Waals surface area contributed by atoms with E-state index in [1.807, 2.05) is 14.1 Å². The normalized spacial score (nSPS) is 12.2. The van der Waals surface area contributed by atoms with Crippen molar-refractivity contribution >= 4 is 5.91 Å². The maximum absolute atomic E-state index is 12.2. The van der Waals surface area contributed by atoms with E-state index >= 15 is 0 Å². The van der Waals surface area contributed by atoms with Gasteiger partial charge in [0.1, 0.15) is 0 Å². The third-order valence-corrected chi connectivity index (χ3v) is 3.06. The number of likely N-dealkylation sites (N-methyl/N-ethyl adjacent to an activating group) is 1. The van der Waals surface area contributed by atoms with Crippen LogP contribution in [0.15, 0.2) is 24.3 Å². The van der Waals surface area contributed by atoms with Crippen molar-refractivity contribution in [1.29, 1.82) is 0 Å². The number of benzene rings is 1. The van der Waals surface area contributed by atoms with Crippen LogP contribution in [0.4, 0.5) is 0 Å². The molecule has 0 radical (unpaired) electrons. The third-order valence-electron chi connectivity index (χ3n) is 3.06. The van der Waals surface area contributed by atoms with Gasteiger partial charge in [-0.3, -0.25) is 4.79 Å². The molecule has 0 aromatic heterocycles. The van der Waals surface area contributed by atoms with Gasteiger partial charge in [0.05, 0.1) is 5.92 Å². The Morgan fingerprint density at radius 1 is 1.24 bits per heavy atom. The highest BCUT2D eigenvalue weighted by atomic mass is 16.2. The predicted octanol–water partition coefficient (Wildman–Crippen LogP) is 3.36. The topological polar surface area (TPSA) is 20.3 Å². The van der Waals surface area contributed by atoms with E-state index in [1.165, 1.54) is 5.56 Å². The standard InChI is InChI=1S/C15H23NO/c1-5-6-7-14(15(17)16(3)4)13-10-8-12(2)9-11-13/h8-11,14H,5-7H2,1-4H3. The molecule has 1 atom stereocenters. The van der Waals surface area contributed by atoms with Gasteiger partial charge in [-0.1, -0.05) is 49.6 Å². The summed E-state index contributed by atoms with van der Waals surface area (Å²) in [5.41, 5.74) is 2.38. The van der Waals surface area contributed by atoms with E-state index in [-0.39, 0.29) is 11.8 Å². The van der Waals surface area contributed by atoms with Gasteiger partial charge in [0.25, 0.3) is 0 Å². The number of hydrogen-bond acceptors (Lipinski definition) is 1. The molecule has 2 heteroatoms. The molecule has 0 aliphatic rings. The SMILES string of the molecule is CCCCC(C(=O)N(C)C)c1ccc(C)cc1. The second kappa shape index (κ2) is 6.43. The van der Waals surface area contributed by atoms with Crippen LogP contribution >= 0.6 is 0 Å². The first-order valence-electron chi connectivity index (χ1n) is 6.34. The van der Waals surface area contributed by atoms with Crippen molar-refractivity contribution in [1.82, 2.24) is 4.90 Å². The number of unbranched alkanes of at least 4 members (excludes halogenated alkanes) is 1. The minimum atomic E-state index is 0.0190. The van der Waals surface area contributed by atoms with E-state index in [9.17, 15) is 4.79 Å². The van der Waals surface area contributed by atoms with E-state index in [2.05, 4.69) is 38.1 Å². The summed E-state index contributed by atoms with van der Waals surface area (Å²) in [6, 6.07) is 8.32. The third kappa shape index (κ3) is 3.88. The van der Waals surface area contributed by atoms with Crippen molar-refractivity contribution in [3.8, 4) is 0 Å². The second-order valence-corrected chi connectivity index (χ2v) is 4.84. The summed E-state index contributed by atoms with van der Waals surface area (Å²) in [6.45, 7) is 4.23. The summed E-state index contributed by atoms with van der Waals surface area (Å²) < 4.78 is 0. The van der Waals surface area contributed by atoms with E-state index in [0.29, 0.717) is 0 Å². The van der Waals surface area contributed by atoms with Gasteiger partial charge in [0, 0.05) is 14.1 Å². The van der Waals surface area contributed by atoms with Gasteiger partial charge in [-0.15, -0.1) is 0 Å². The van der Waals surface area contributed by atoms with E-state index in [1.54, 1.807) is 4.90 Å². The molecule has 0 heterocycles. The molecule has 1 aromatic carbocycles. The van der Waals surface area contributed by atoms with Crippen LogP contribution in [-0.4, -0.2) is 24.9 Å². The molecule has 0 fully saturated rings. The molecule has 0 spiro atoms. The van der Waals surface area contributed by atoms with Crippen molar-refractivity contribution in [2.45, 2.75) is 39.0 Å². The highest BCUT2D eigenvalue weighted by Gasteiger charge is 2.21. The lowest BCUT2D eigenvalue weighted by atomic mass is 9.92. The summed E-state index contributed by atoms with van der Waals surface area (Å²) in [6.07, 6.45) is 3.16. The largest absolute Gasteiger partial charge is 0.348 e. The van der Waals surface area contributed by atoms with Crippen molar-refractivity contribution in [2.24, 2.45) is 0 Å². The van der Waals surface area contributed by atoms with Crippen LogP contribution in [-0.2, 0) is 4.79 Å². The number of aryl methyl sites for hydroxylation is 1. The van der Waals surface area contributed by atoms with Crippen LogP contribution in [0.25, 0.3) is 0 Å². The fraction of sp³-hybridized carbons (Fsp3) is 0.533. The molecule has 17 heavy (non-hydrogen) atoms. The van der Waals surface area contributed by atoms with Crippen LogP contribution in [0.1, 0.15) is 43.2 Å². The Morgan fingerprint density at radius 2 is 1.82 bits per heavy atom. The predicted molar refractivity (Wildman–Crippen MR) is 72.1 cm³/mol. The first kappa shape index (κ1) is 13.8. The molecule has 0 aliphatic carbocycles. The summed E-state index contributed by atoms with van der Waals surface area (Å²) in [7, 11) is 3.66. The number of rotatable bonds is 5. The molecule has 0 bridgehead atoms. The van der Waals surface area contributed by atoms with Crippen LogP contribution < -0.4 is 0 Å². The molecule has 1 amide bonds. The highest BCUT2D eigenvalue weighted by molar-refractivity contribution is 5.83. The zero-order valence-corrected chi connectivity index (χ0v) is 11.4. The summed E-state index contributed by atoms with van der Waals surface area (Å²) in [5.74, 6) is 0.229. The Labute approximate surface area is 105 Å². The monoisotopic (exact) mass is 233 g/mol. The minimum Gasteiger partial charge on any atom is -0.348 e. The number of carbonyl (C=O) groups is 1. The number of amides is 1. The summed E-state index contributed by atoms with van der Waals surface area (Å²) >= 11 is 0. The average molecular weight is 233 g/mol. The second-order valence-electron chi connectivity index (χ2n) is 4.84. The summed E-state index contributed by atoms with van der Waals surface area (Å²) in [4.78, 5) is 13.9. The van der Waals surface area contributed by atoms with Crippen molar-refractivity contribution in [3.05, 3.63) is 35.4 Å². The number of carbonyl (C=O) groups excluding carboxylic acids is 1. The summed E-state index contributed by atoms with van der Waals surface area (Å²) in [5, 5.41) is 0. The van der Waals surface area contributed by atoms with Crippen LogP contribution in [0.3, 0.4) is 0 Å². The van der Waals surface area contributed by atoms with Gasteiger partial charge in [-0.2, -0.15) is 0 Å². The van der Waals surface area contributed by atoms with Gasteiger partial charge in [-0.05, 0) is 18.9 Å². The van der Waals surface area contributed by atoms with Crippen LogP contribution in [0.5, 0.6) is 0 Å². The van der Waals surface area contributed by atoms with Gasteiger partial charge in [0.2, 0.25) is 5.91 Å². The highest BCUT2D eigenvalue weighted by Crippen LogP contribution is 2.24. The van der Waals surface area contributed by atoms with E-state index in [0.717, 1.165) is 24.8 Å². The molecule has 1 rings (SSSR count). The van der Waals surface area contributed by atoms with Gasteiger partial charge in [0.15, 0.2) is 0 Å². The molecule has 94 valence electrons. The quantitative estimate of drug-likeness (QED) is 0.763. The minimum absolute atomic E-state index is 0.0190. The fourth-order valence-electron chi connectivity index (χ4n) is 1.95. The van der Waals surface area contributed by atoms with Crippen LogP contribution in [0, 0.1) is 6.92 Å². The van der Waals surface area contributed by atoms with Crippen molar-refractivity contribution in [3.63, 3.8) is 0 Å². The molecular formula is C15H23NO. The molecule has 1 aromatic rings. The van der Waals surface area contributed by atoms with Crippen LogP contribution in [0.2, 0.25) is 0 Å². The molecular weight excluding hydrogens is 210 g/mol. The molecule has 0 saturated carbocycles. The van der Waals surface area contributed by atoms with Gasteiger partial charge in [-0.25, -0.2) is 0 Å². The lowest BCUT2D eigenvalue weighted by Gasteiger charge is -2.21. The lowest BCUT2D eigenvalue weighted by molar-refractivity contribution is -0.130. The maximum Gasteiger partial charge on any atom is 0.229 e. The van der Waals surface area contributed by atoms with Gasteiger partial charge < -0.3 is 4.90 Å². The maximum atomic E-state index is 12.2. The average Bonchev–Trinajstić information content (AvgIpc) is 2.31.